The van der Waals surface area contributed by atoms with Crippen molar-refractivity contribution in [1.82, 2.24) is 0 Å². The third-order valence-corrected chi connectivity index (χ3v) is 3.79. The normalized spacial score (nSPS) is 22.6. The fourth-order valence-corrected chi connectivity index (χ4v) is 2.41. The molecule has 0 aromatic heterocycles. The van der Waals surface area contributed by atoms with Crippen molar-refractivity contribution in [2.45, 2.75) is 90.3 Å². The number of unbranched alkanes of at least 4 members (excludes halogenated alkanes) is 6. The van der Waals surface area contributed by atoms with Gasteiger partial charge in [0.15, 0.2) is 0 Å². The highest BCUT2D eigenvalue weighted by Crippen LogP contribution is 2.28. The molecule has 1 aliphatic rings. The van der Waals surface area contributed by atoms with Crippen molar-refractivity contribution in [2.24, 2.45) is 0 Å². The molecule has 2 atom stereocenters. The van der Waals surface area contributed by atoms with E-state index in [0.29, 0.717) is 12.2 Å². The Bertz CT molecular complexity index is 254. The minimum atomic E-state index is 0.522. The molecular weight excluding hydrogens is 232 g/mol. The first-order chi connectivity index (χ1) is 9.38. The van der Waals surface area contributed by atoms with Crippen molar-refractivity contribution in [2.75, 3.05) is 0 Å². The van der Waals surface area contributed by atoms with E-state index in [1.54, 1.807) is 0 Å². The van der Waals surface area contributed by atoms with Crippen LogP contribution in [0.3, 0.4) is 0 Å². The van der Waals surface area contributed by atoms with Gasteiger partial charge in [-0.05, 0) is 32.1 Å². The van der Waals surface area contributed by atoms with E-state index in [2.05, 4.69) is 38.2 Å². The fraction of sp³-hybridized carbons (Fsp3) is 0.778. The Kier molecular flexibility index (Phi) is 9.79. The standard InChI is InChI=1S/C18H32O/c1-3-5-6-7-8-9-10-11-12-13-14-15-16-18-17(4-2)19-18/h11-12,14-15,17-18H,3-10,13,16H2,1-2H3/t17-,18-/m1/s1. The first-order valence-electron chi connectivity index (χ1n) is 8.34. The Morgan fingerprint density at radius 2 is 1.53 bits per heavy atom. The zero-order valence-corrected chi connectivity index (χ0v) is 12.9. The molecule has 1 heterocycles. The second-order valence-corrected chi connectivity index (χ2v) is 5.59. The number of ether oxygens (including phenoxy) is 1. The predicted molar refractivity (Wildman–Crippen MR) is 84.5 cm³/mol. The molecule has 0 spiro atoms. The Labute approximate surface area is 120 Å². The summed E-state index contributed by atoms with van der Waals surface area (Å²) in [4.78, 5) is 0. The van der Waals surface area contributed by atoms with E-state index in [9.17, 15) is 0 Å². The quantitative estimate of drug-likeness (QED) is 0.246. The highest BCUT2D eigenvalue weighted by atomic mass is 16.6. The molecule has 1 heteroatoms. The van der Waals surface area contributed by atoms with Gasteiger partial charge >= 0.3 is 0 Å². The molecule has 0 aliphatic carbocycles. The monoisotopic (exact) mass is 264 g/mol. The van der Waals surface area contributed by atoms with E-state index in [-0.39, 0.29) is 0 Å². The summed E-state index contributed by atoms with van der Waals surface area (Å²) in [5.74, 6) is 0. The minimum absolute atomic E-state index is 0.522. The van der Waals surface area contributed by atoms with Gasteiger partial charge in [0, 0.05) is 0 Å². The molecule has 0 N–H and O–H groups in total. The molecule has 1 aliphatic heterocycles. The lowest BCUT2D eigenvalue weighted by atomic mass is 10.1. The molecule has 1 fully saturated rings. The van der Waals surface area contributed by atoms with Crippen molar-refractivity contribution < 1.29 is 4.74 Å². The Morgan fingerprint density at radius 3 is 2.26 bits per heavy atom. The molecule has 1 nitrogen and oxygen atoms in total. The first kappa shape index (κ1) is 16.5. The van der Waals surface area contributed by atoms with Gasteiger partial charge in [0.25, 0.3) is 0 Å². The zero-order chi connectivity index (χ0) is 13.8. The molecule has 1 rings (SSSR count). The second kappa shape index (κ2) is 11.3. The van der Waals surface area contributed by atoms with E-state index in [4.69, 9.17) is 4.74 Å². The maximum atomic E-state index is 5.50. The third-order valence-electron chi connectivity index (χ3n) is 3.79. The molecule has 0 saturated carbocycles. The van der Waals surface area contributed by atoms with Crippen LogP contribution in [-0.2, 0) is 4.74 Å². The summed E-state index contributed by atoms with van der Waals surface area (Å²) in [7, 11) is 0. The first-order valence-corrected chi connectivity index (χ1v) is 8.34. The van der Waals surface area contributed by atoms with Crippen LogP contribution < -0.4 is 0 Å². The van der Waals surface area contributed by atoms with Crippen molar-refractivity contribution in [3.05, 3.63) is 24.3 Å². The smallest absolute Gasteiger partial charge is 0.0876 e. The highest BCUT2D eigenvalue weighted by molar-refractivity contribution is 4.97. The average molecular weight is 264 g/mol. The second-order valence-electron chi connectivity index (χ2n) is 5.59. The molecule has 110 valence electrons. The van der Waals surface area contributed by atoms with E-state index in [0.717, 1.165) is 19.3 Å². The minimum Gasteiger partial charge on any atom is -0.369 e. The van der Waals surface area contributed by atoms with Crippen LogP contribution in [0.1, 0.15) is 78.1 Å². The SMILES string of the molecule is CCCCCCCCC=CCC=CC[C@H]1O[C@@H]1CC. The zero-order valence-electron chi connectivity index (χ0n) is 12.9. The van der Waals surface area contributed by atoms with Crippen LogP contribution in [0.2, 0.25) is 0 Å². The summed E-state index contributed by atoms with van der Waals surface area (Å²) in [5.41, 5.74) is 0. The summed E-state index contributed by atoms with van der Waals surface area (Å²) in [5, 5.41) is 0. The van der Waals surface area contributed by atoms with Gasteiger partial charge in [0.2, 0.25) is 0 Å². The summed E-state index contributed by atoms with van der Waals surface area (Å²) in [6, 6.07) is 0. The number of rotatable bonds is 12. The molecule has 0 aromatic rings. The van der Waals surface area contributed by atoms with Crippen LogP contribution in [0.15, 0.2) is 24.3 Å². The molecule has 1 saturated heterocycles. The van der Waals surface area contributed by atoms with E-state index >= 15 is 0 Å². The summed E-state index contributed by atoms with van der Waals surface area (Å²) >= 11 is 0. The van der Waals surface area contributed by atoms with Crippen LogP contribution >= 0.6 is 0 Å². The van der Waals surface area contributed by atoms with Gasteiger partial charge in [-0.25, -0.2) is 0 Å². The number of allylic oxidation sites excluding steroid dienone is 3. The Balaban J connectivity index is 1.81. The van der Waals surface area contributed by atoms with Gasteiger partial charge in [-0.3, -0.25) is 0 Å². The lowest BCUT2D eigenvalue weighted by Gasteiger charge is -1.97. The van der Waals surface area contributed by atoms with Crippen molar-refractivity contribution in [1.29, 1.82) is 0 Å². The molecule has 0 unspecified atom stereocenters. The molecule has 0 aromatic carbocycles. The van der Waals surface area contributed by atoms with Crippen molar-refractivity contribution in [3.63, 3.8) is 0 Å². The molecule has 0 bridgehead atoms. The summed E-state index contributed by atoms with van der Waals surface area (Å²) in [6.45, 7) is 4.47. The van der Waals surface area contributed by atoms with Gasteiger partial charge in [-0.15, -0.1) is 0 Å². The Morgan fingerprint density at radius 1 is 0.789 bits per heavy atom. The van der Waals surface area contributed by atoms with Gasteiger partial charge in [0.05, 0.1) is 12.2 Å². The van der Waals surface area contributed by atoms with Crippen LogP contribution in [0.5, 0.6) is 0 Å². The van der Waals surface area contributed by atoms with Gasteiger partial charge in [0.1, 0.15) is 0 Å². The predicted octanol–water partition coefficient (Wildman–Crippen LogP) is 5.81. The highest BCUT2D eigenvalue weighted by Gasteiger charge is 2.35. The van der Waals surface area contributed by atoms with Crippen LogP contribution in [0.4, 0.5) is 0 Å². The van der Waals surface area contributed by atoms with Crippen molar-refractivity contribution >= 4 is 0 Å². The maximum absolute atomic E-state index is 5.50. The van der Waals surface area contributed by atoms with Gasteiger partial charge in [-0.2, -0.15) is 0 Å². The average Bonchev–Trinajstić information content (AvgIpc) is 3.19. The van der Waals surface area contributed by atoms with Crippen LogP contribution in [0, 0.1) is 0 Å². The van der Waals surface area contributed by atoms with Crippen LogP contribution in [0.25, 0.3) is 0 Å². The number of hydrogen-bond acceptors (Lipinski definition) is 1. The molecule has 0 radical (unpaired) electrons. The maximum Gasteiger partial charge on any atom is 0.0876 e. The van der Waals surface area contributed by atoms with E-state index in [1.165, 1.54) is 44.9 Å². The molecular formula is C18H32O. The summed E-state index contributed by atoms with van der Waals surface area (Å²) < 4.78 is 5.50. The number of epoxide rings is 1. The van der Waals surface area contributed by atoms with Crippen LogP contribution in [-0.4, -0.2) is 12.2 Å². The number of hydrogen-bond donors (Lipinski definition) is 0. The van der Waals surface area contributed by atoms with Crippen molar-refractivity contribution in [3.8, 4) is 0 Å². The lowest BCUT2D eigenvalue weighted by molar-refractivity contribution is 0.367. The summed E-state index contributed by atoms with van der Waals surface area (Å²) in [6.07, 6.45) is 23.2. The topological polar surface area (TPSA) is 12.5 Å². The van der Waals surface area contributed by atoms with Gasteiger partial charge in [-0.1, -0.05) is 70.3 Å². The van der Waals surface area contributed by atoms with Gasteiger partial charge < -0.3 is 4.74 Å². The Hall–Kier alpha value is -0.560. The lowest BCUT2D eigenvalue weighted by Crippen LogP contribution is -1.88. The largest absolute Gasteiger partial charge is 0.369 e. The third kappa shape index (κ3) is 9.04. The van der Waals surface area contributed by atoms with E-state index in [1.807, 2.05) is 0 Å². The molecule has 19 heavy (non-hydrogen) atoms. The fourth-order valence-electron chi connectivity index (χ4n) is 2.41. The van der Waals surface area contributed by atoms with E-state index < -0.39 is 0 Å². The molecule has 0 amide bonds.